The largest absolute Gasteiger partial charge is 0.323 e. The Kier molecular flexibility index (Phi) is 3.60. The number of nitrogens with zero attached hydrogens (tertiary/aromatic N) is 2. The SMILES string of the molecule is O=C(CN1c2cccc3cccc(c23)S1(=O)=O)Nc1cnc2ccccc2c1. The summed E-state index contributed by atoms with van der Waals surface area (Å²) in [5.74, 6) is -0.425. The summed E-state index contributed by atoms with van der Waals surface area (Å²) in [7, 11) is -3.76. The molecule has 0 saturated heterocycles. The van der Waals surface area contributed by atoms with E-state index < -0.39 is 15.9 Å². The first-order valence-corrected chi connectivity index (χ1v) is 10.2. The molecule has 0 unspecified atom stereocenters. The molecule has 7 heteroatoms. The minimum absolute atomic E-state index is 0.237. The fourth-order valence-corrected chi connectivity index (χ4v) is 5.27. The Labute approximate surface area is 161 Å². The highest BCUT2D eigenvalue weighted by molar-refractivity contribution is 7.93. The molecule has 138 valence electrons. The smallest absolute Gasteiger partial charge is 0.265 e. The highest BCUT2D eigenvalue weighted by Gasteiger charge is 2.36. The Balaban J connectivity index is 1.46. The maximum Gasteiger partial charge on any atom is 0.265 e. The lowest BCUT2D eigenvalue weighted by Gasteiger charge is -2.18. The molecule has 0 aliphatic carbocycles. The molecule has 0 spiro atoms. The predicted molar refractivity (Wildman–Crippen MR) is 109 cm³/mol. The molecule has 1 amide bonds. The first-order chi connectivity index (χ1) is 13.5. The summed E-state index contributed by atoms with van der Waals surface area (Å²) in [5, 5.41) is 5.14. The number of rotatable bonds is 3. The van der Waals surface area contributed by atoms with Crippen molar-refractivity contribution in [1.82, 2.24) is 4.98 Å². The second-order valence-electron chi connectivity index (χ2n) is 6.61. The molecule has 6 nitrogen and oxygen atoms in total. The second-order valence-corrected chi connectivity index (χ2v) is 8.44. The topological polar surface area (TPSA) is 79.4 Å². The molecular weight excluding hydrogens is 374 g/mol. The van der Waals surface area contributed by atoms with Crippen LogP contribution in [0.5, 0.6) is 0 Å². The lowest BCUT2D eigenvalue weighted by Crippen LogP contribution is -2.35. The van der Waals surface area contributed by atoms with Gasteiger partial charge in [0.05, 0.1) is 28.0 Å². The number of para-hydroxylation sites is 1. The number of carbonyl (C=O) groups excluding carboxylic acids is 1. The van der Waals surface area contributed by atoms with E-state index in [-0.39, 0.29) is 11.4 Å². The number of hydrogen-bond acceptors (Lipinski definition) is 4. The second kappa shape index (κ2) is 6.03. The molecule has 1 N–H and O–H groups in total. The average Bonchev–Trinajstić information content (AvgIpc) is 2.91. The number of anilines is 2. The highest BCUT2D eigenvalue weighted by atomic mass is 32.2. The molecule has 5 rings (SSSR count). The van der Waals surface area contributed by atoms with Crippen molar-refractivity contribution in [3.63, 3.8) is 0 Å². The summed E-state index contributed by atoms with van der Waals surface area (Å²) in [5.41, 5.74) is 1.88. The van der Waals surface area contributed by atoms with Crippen LogP contribution in [0, 0.1) is 0 Å². The number of sulfonamides is 1. The van der Waals surface area contributed by atoms with Crippen molar-refractivity contribution in [2.45, 2.75) is 4.90 Å². The zero-order chi connectivity index (χ0) is 19.3. The quantitative estimate of drug-likeness (QED) is 0.581. The van der Waals surface area contributed by atoms with Crippen molar-refractivity contribution in [3.8, 4) is 0 Å². The molecule has 1 aromatic heterocycles. The molecule has 3 aromatic carbocycles. The van der Waals surface area contributed by atoms with Crippen molar-refractivity contribution in [1.29, 1.82) is 0 Å². The van der Waals surface area contributed by atoms with E-state index in [9.17, 15) is 13.2 Å². The minimum Gasteiger partial charge on any atom is -0.323 e. The van der Waals surface area contributed by atoms with Gasteiger partial charge in [0, 0.05) is 10.8 Å². The van der Waals surface area contributed by atoms with Gasteiger partial charge in [0.1, 0.15) is 6.54 Å². The summed E-state index contributed by atoms with van der Waals surface area (Å²) in [4.78, 5) is 17.2. The van der Waals surface area contributed by atoms with Crippen molar-refractivity contribution >= 4 is 49.0 Å². The van der Waals surface area contributed by atoms with Gasteiger partial charge in [0.2, 0.25) is 5.91 Å². The van der Waals surface area contributed by atoms with Crippen molar-refractivity contribution in [2.75, 3.05) is 16.2 Å². The van der Waals surface area contributed by atoms with Crippen LogP contribution in [0.3, 0.4) is 0 Å². The maximum atomic E-state index is 13.0. The minimum atomic E-state index is -3.76. The molecule has 4 aromatic rings. The summed E-state index contributed by atoms with van der Waals surface area (Å²) in [6.45, 7) is -0.303. The van der Waals surface area contributed by atoms with Crippen LogP contribution in [0.2, 0.25) is 0 Å². The predicted octanol–water partition coefficient (Wildman–Crippen LogP) is 3.54. The number of carbonyl (C=O) groups is 1. The van der Waals surface area contributed by atoms with Gasteiger partial charge >= 0.3 is 0 Å². The standard InChI is InChI=1S/C21H15N3O3S/c25-20(23-16-11-15-5-1-2-8-17(15)22-12-16)13-24-18-9-3-6-14-7-4-10-19(21(14)18)28(24,26)27/h1-12H,13H2,(H,23,25). The van der Waals surface area contributed by atoms with Crippen molar-refractivity contribution in [2.24, 2.45) is 0 Å². The Morgan fingerprint density at radius 3 is 2.57 bits per heavy atom. The molecule has 0 saturated carbocycles. The van der Waals surface area contributed by atoms with E-state index in [1.54, 1.807) is 30.5 Å². The monoisotopic (exact) mass is 389 g/mol. The van der Waals surface area contributed by atoms with Crippen molar-refractivity contribution in [3.05, 3.63) is 72.9 Å². The molecule has 0 atom stereocenters. The van der Waals surface area contributed by atoms with Crippen LogP contribution in [0.4, 0.5) is 11.4 Å². The van der Waals surface area contributed by atoms with Gasteiger partial charge in [-0.05, 0) is 29.7 Å². The molecule has 1 aliphatic rings. The molecule has 1 aliphatic heterocycles. The fraction of sp³-hybridized carbons (Fsp3) is 0.0476. The fourth-order valence-electron chi connectivity index (χ4n) is 3.60. The van der Waals surface area contributed by atoms with Gasteiger partial charge in [-0.3, -0.25) is 14.1 Å². The third-order valence-corrected chi connectivity index (χ3v) is 6.64. The van der Waals surface area contributed by atoms with Crippen LogP contribution in [0.1, 0.15) is 0 Å². The summed E-state index contributed by atoms with van der Waals surface area (Å²) in [6, 6.07) is 19.9. The molecule has 28 heavy (non-hydrogen) atoms. The van der Waals surface area contributed by atoms with Gasteiger partial charge in [-0.1, -0.05) is 42.5 Å². The van der Waals surface area contributed by atoms with E-state index in [1.807, 2.05) is 42.5 Å². The van der Waals surface area contributed by atoms with E-state index in [2.05, 4.69) is 10.3 Å². The number of aromatic nitrogens is 1. The zero-order valence-electron chi connectivity index (χ0n) is 14.7. The van der Waals surface area contributed by atoms with Crippen LogP contribution in [-0.2, 0) is 14.8 Å². The van der Waals surface area contributed by atoms with Gasteiger partial charge in [0.15, 0.2) is 0 Å². The lowest BCUT2D eigenvalue weighted by molar-refractivity contribution is -0.114. The zero-order valence-corrected chi connectivity index (χ0v) is 15.5. The third kappa shape index (κ3) is 2.51. The van der Waals surface area contributed by atoms with E-state index in [0.717, 1.165) is 20.6 Å². The van der Waals surface area contributed by atoms with Crippen LogP contribution in [0.15, 0.2) is 77.8 Å². The third-order valence-electron chi connectivity index (χ3n) is 4.84. The van der Waals surface area contributed by atoms with Gasteiger partial charge in [-0.25, -0.2) is 8.42 Å². The van der Waals surface area contributed by atoms with Gasteiger partial charge < -0.3 is 5.32 Å². The molecule has 2 heterocycles. The number of hydrogen-bond donors (Lipinski definition) is 1. The molecular formula is C21H15N3O3S. The molecule has 0 fully saturated rings. The van der Waals surface area contributed by atoms with Crippen LogP contribution >= 0.6 is 0 Å². The van der Waals surface area contributed by atoms with Crippen LogP contribution < -0.4 is 9.62 Å². The highest BCUT2D eigenvalue weighted by Crippen LogP contribution is 2.41. The molecule has 0 bridgehead atoms. The Morgan fingerprint density at radius 1 is 0.964 bits per heavy atom. The van der Waals surface area contributed by atoms with Crippen molar-refractivity contribution < 1.29 is 13.2 Å². The van der Waals surface area contributed by atoms with Gasteiger partial charge in [-0.2, -0.15) is 0 Å². The van der Waals surface area contributed by atoms with E-state index in [4.69, 9.17) is 0 Å². The van der Waals surface area contributed by atoms with Gasteiger partial charge in [-0.15, -0.1) is 0 Å². The first-order valence-electron chi connectivity index (χ1n) is 8.73. The Morgan fingerprint density at radius 2 is 1.71 bits per heavy atom. The van der Waals surface area contributed by atoms with Gasteiger partial charge in [0.25, 0.3) is 10.0 Å². The maximum absolute atomic E-state index is 13.0. The van der Waals surface area contributed by atoms with E-state index in [1.165, 1.54) is 0 Å². The summed E-state index contributed by atoms with van der Waals surface area (Å²) in [6.07, 6.45) is 1.56. The summed E-state index contributed by atoms with van der Waals surface area (Å²) < 4.78 is 27.1. The molecule has 0 radical (unpaired) electrons. The number of fused-ring (bicyclic) bond motifs is 1. The van der Waals surface area contributed by atoms with Crippen LogP contribution in [0.25, 0.3) is 21.7 Å². The first kappa shape index (κ1) is 16.7. The van der Waals surface area contributed by atoms with Crippen LogP contribution in [-0.4, -0.2) is 25.9 Å². The number of pyridine rings is 1. The number of amides is 1. The lowest BCUT2D eigenvalue weighted by atomic mass is 10.1. The average molecular weight is 389 g/mol. The summed E-state index contributed by atoms with van der Waals surface area (Å²) >= 11 is 0. The number of benzene rings is 3. The van der Waals surface area contributed by atoms with E-state index in [0.29, 0.717) is 16.8 Å². The normalized spacial score (nSPS) is 14.5. The van der Waals surface area contributed by atoms with E-state index >= 15 is 0 Å². The number of nitrogens with one attached hydrogen (secondary N) is 1. The Bertz CT molecular complexity index is 1360. The Hall–Kier alpha value is -3.45.